The molecule has 10 heteroatoms. The van der Waals surface area contributed by atoms with E-state index >= 15 is 0 Å². The van der Waals surface area contributed by atoms with Crippen molar-refractivity contribution in [3.05, 3.63) is 59.9 Å². The van der Waals surface area contributed by atoms with Crippen LogP contribution in [-0.2, 0) is 0 Å². The van der Waals surface area contributed by atoms with Gasteiger partial charge in [-0.05, 0) is 87.5 Å². The van der Waals surface area contributed by atoms with Gasteiger partial charge in [-0.25, -0.2) is 9.21 Å². The first-order valence-electron chi connectivity index (χ1n) is 8.02. The molecule has 4 aromatic rings. The van der Waals surface area contributed by atoms with Crippen molar-refractivity contribution in [3.8, 4) is 22.6 Å². The van der Waals surface area contributed by atoms with Crippen molar-refractivity contribution in [1.29, 1.82) is 0 Å². The fourth-order valence-corrected chi connectivity index (χ4v) is 5.58. The Bertz CT molecular complexity index is 1290. The fourth-order valence-electron chi connectivity index (χ4n) is 3.18. The minimum absolute atomic E-state index is 0. The van der Waals surface area contributed by atoms with E-state index < -0.39 is 5.97 Å². The number of halogens is 4. The number of aromatic carboxylic acids is 1. The van der Waals surface area contributed by atoms with Crippen molar-refractivity contribution in [3.63, 3.8) is 0 Å². The van der Waals surface area contributed by atoms with Crippen LogP contribution in [0.1, 0.15) is 10.4 Å². The second-order valence-corrected chi connectivity index (χ2v) is 9.42. The molecule has 0 radical (unpaired) electrons. The Morgan fingerprint density at radius 2 is 1.30 bits per heavy atom. The van der Waals surface area contributed by atoms with E-state index in [9.17, 15) is 20.1 Å². The molecule has 0 fully saturated rings. The molecule has 3 aromatic carbocycles. The summed E-state index contributed by atoms with van der Waals surface area (Å²) in [5.74, 6) is -1.19. The maximum atomic E-state index is 11.9. The number of benzene rings is 3. The number of carbonyl (C=O) groups is 1. The molecule has 0 unspecified atom stereocenters. The van der Waals surface area contributed by atoms with Crippen molar-refractivity contribution in [2.24, 2.45) is 0 Å². The Balaban J connectivity index is 0.00000256. The van der Waals surface area contributed by atoms with Gasteiger partial charge in [-0.15, -0.1) is 0 Å². The van der Waals surface area contributed by atoms with Gasteiger partial charge < -0.3 is 15.3 Å². The van der Waals surface area contributed by atoms with Crippen LogP contribution in [0.4, 0.5) is 0 Å². The summed E-state index contributed by atoms with van der Waals surface area (Å²) in [7, 11) is 0. The van der Waals surface area contributed by atoms with Crippen molar-refractivity contribution >= 4 is 91.6 Å². The number of hydrogen-bond acceptors (Lipinski definition) is 3. The molecule has 0 saturated heterocycles. The van der Waals surface area contributed by atoms with Crippen molar-refractivity contribution < 1.29 is 54.1 Å². The van der Waals surface area contributed by atoms with Crippen LogP contribution in [0.3, 0.4) is 0 Å². The summed E-state index contributed by atoms with van der Waals surface area (Å²) >= 11 is 13.4. The molecule has 0 spiro atoms. The number of phenols is 2. The van der Waals surface area contributed by atoms with Crippen LogP contribution < -0.4 is 29.6 Å². The largest absolute Gasteiger partial charge is 1.00 e. The van der Waals surface area contributed by atoms with E-state index in [4.69, 9.17) is 4.42 Å². The summed E-state index contributed by atoms with van der Waals surface area (Å²) in [5, 5.41) is 31.6. The van der Waals surface area contributed by atoms with E-state index in [0.29, 0.717) is 51.0 Å². The van der Waals surface area contributed by atoms with Gasteiger partial charge in [0.25, 0.3) is 0 Å². The molecule has 30 heavy (non-hydrogen) atoms. The monoisotopic (exact) mass is 668 g/mol. The van der Waals surface area contributed by atoms with Gasteiger partial charge in [0.2, 0.25) is 0 Å². The van der Waals surface area contributed by atoms with Gasteiger partial charge in [0, 0.05) is 5.56 Å². The summed E-state index contributed by atoms with van der Waals surface area (Å²) in [6.45, 7) is 0. The molecule has 0 atom stereocenters. The Kier molecular flexibility index (Phi) is 7.23. The topological polar surface area (TPSA) is 89.1 Å². The summed E-state index contributed by atoms with van der Waals surface area (Å²) in [5.41, 5.74) is 1.77. The number of rotatable bonds is 2. The smallest absolute Gasteiger partial charge is 0.505 e. The summed E-state index contributed by atoms with van der Waals surface area (Å²) in [6, 6.07) is 9.97. The van der Waals surface area contributed by atoms with E-state index in [1.165, 1.54) is 6.07 Å². The first kappa shape index (κ1) is 24.0. The predicted molar refractivity (Wildman–Crippen MR) is 125 cm³/mol. The van der Waals surface area contributed by atoms with E-state index in [1.54, 1.807) is 30.3 Å². The second kappa shape index (κ2) is 9.05. The Morgan fingerprint density at radius 1 is 0.833 bits per heavy atom. The molecule has 5 nitrogen and oxygen atoms in total. The van der Waals surface area contributed by atoms with Gasteiger partial charge >= 0.3 is 46.7 Å². The summed E-state index contributed by atoms with van der Waals surface area (Å²) in [4.78, 5) is 11.9. The average Bonchev–Trinajstić information content (AvgIpc) is 2.69. The maximum absolute atomic E-state index is 11.9. The number of fused-ring (bicyclic) bond motifs is 2. The van der Waals surface area contributed by atoms with Crippen LogP contribution in [-0.4, -0.2) is 21.3 Å². The van der Waals surface area contributed by atoms with Gasteiger partial charge in [-0.3, -0.25) is 0 Å². The average molecular weight is 672 g/mol. The van der Waals surface area contributed by atoms with Crippen LogP contribution in [0.2, 0.25) is 0 Å². The van der Waals surface area contributed by atoms with Gasteiger partial charge in [0.15, 0.2) is 20.4 Å². The third-order valence-corrected chi connectivity index (χ3v) is 7.15. The van der Waals surface area contributed by atoms with E-state index in [2.05, 4.69) is 63.7 Å². The standard InChI is InChI=1S/C20H8Br4O5.Na/c21-11-5-9-13(7-3-1-2-4-8(7)20(27)28)10-6-12(22)17(26)15(24)19(10)29-18(9)14(23)16(11)25;/h1-6H,(H2-,25,26,27,28);/q;+1/p+1. The second-order valence-electron chi connectivity index (χ2n) is 6.12. The first-order chi connectivity index (χ1) is 13.7. The van der Waals surface area contributed by atoms with Gasteiger partial charge in [0.1, 0.15) is 0 Å². The van der Waals surface area contributed by atoms with Crippen LogP contribution in [0.15, 0.2) is 58.7 Å². The molecule has 3 N–H and O–H groups in total. The normalized spacial score (nSPS) is 10.9. The molecule has 1 heterocycles. The van der Waals surface area contributed by atoms with E-state index in [-0.39, 0.29) is 46.6 Å². The molecule has 0 aliphatic carbocycles. The molecule has 146 valence electrons. The van der Waals surface area contributed by atoms with Crippen LogP contribution in [0.5, 0.6) is 11.5 Å². The predicted octanol–water partition coefficient (Wildman–Crippen LogP) is 4.70. The van der Waals surface area contributed by atoms with Crippen LogP contribution in [0.25, 0.3) is 33.1 Å². The van der Waals surface area contributed by atoms with Crippen molar-refractivity contribution in [1.82, 2.24) is 0 Å². The number of hydrogen-bond donors (Lipinski definition) is 3. The first-order valence-corrected chi connectivity index (χ1v) is 11.2. The summed E-state index contributed by atoms with van der Waals surface area (Å²) < 4.78 is 7.46. The van der Waals surface area contributed by atoms with Crippen LogP contribution in [0, 0.1) is 0 Å². The molecule has 1 aromatic heterocycles. The maximum Gasteiger partial charge on any atom is 1.00 e. The zero-order valence-electron chi connectivity index (χ0n) is 15.1. The molecular formula is C20H9Br4NaO5+2. The summed E-state index contributed by atoms with van der Waals surface area (Å²) in [6.07, 6.45) is 0. The van der Waals surface area contributed by atoms with Gasteiger partial charge in [-0.2, -0.15) is 0 Å². The Morgan fingerprint density at radius 3 is 1.77 bits per heavy atom. The van der Waals surface area contributed by atoms with Crippen molar-refractivity contribution in [2.75, 3.05) is 0 Å². The molecule has 0 aliphatic rings. The van der Waals surface area contributed by atoms with Crippen molar-refractivity contribution in [2.45, 2.75) is 0 Å². The molecule has 0 bridgehead atoms. The number of carboxylic acid groups (broad SMARTS) is 1. The Hall–Kier alpha value is -0.680. The number of phenolic OH excluding ortho intramolecular Hbond substituents is 2. The number of aromatic hydroxyl groups is 2. The third kappa shape index (κ3) is 3.83. The molecule has 0 amide bonds. The molecule has 4 rings (SSSR count). The van der Waals surface area contributed by atoms with E-state index in [0.717, 1.165) is 0 Å². The molecular weight excluding hydrogens is 663 g/mol. The molecule has 0 saturated carbocycles. The molecule has 0 aliphatic heterocycles. The van der Waals surface area contributed by atoms with E-state index in [1.807, 2.05) is 0 Å². The zero-order chi connectivity index (χ0) is 21.0. The quantitative estimate of drug-likeness (QED) is 0.164. The SMILES string of the molecule is O=C(O)c1ccccc1-c1c2cc(Br)c(O)c(Br)c2[o+]c2c(Br)c(O)c(Br)cc12.[Na+]. The minimum atomic E-state index is -1.07. The zero-order valence-corrected chi connectivity index (χ0v) is 23.5. The van der Waals surface area contributed by atoms with Gasteiger partial charge in [0.05, 0.1) is 25.3 Å². The third-order valence-electron chi connectivity index (χ3n) is 4.47. The van der Waals surface area contributed by atoms with Crippen LogP contribution >= 0.6 is 63.7 Å². The fraction of sp³-hybridized carbons (Fsp3) is 0. The number of carboxylic acids is 1. The Labute approximate surface area is 225 Å². The minimum Gasteiger partial charge on any atom is -0.505 e. The van der Waals surface area contributed by atoms with Gasteiger partial charge in [-0.1, -0.05) is 18.2 Å².